The first-order valence-corrected chi connectivity index (χ1v) is 7.06. The Kier molecular flexibility index (Phi) is 3.16. The summed E-state index contributed by atoms with van der Waals surface area (Å²) in [6.07, 6.45) is 0. The summed E-state index contributed by atoms with van der Waals surface area (Å²) in [6, 6.07) is 1.20. The quantitative estimate of drug-likeness (QED) is 0.658. The summed E-state index contributed by atoms with van der Waals surface area (Å²) in [4.78, 5) is 13.9. The van der Waals surface area contributed by atoms with E-state index in [2.05, 4.69) is 51.7 Å². The minimum absolute atomic E-state index is 0.0276. The standard InChI is InChI=1S/C13H22N6/c1-7-4-14-11(17-7)10(12-15-5-8(2)18-12)13-16-6-9(3)19-13/h7-10H,4-6H2,1-3H3,(H,14,17)(H,15,18)(H,16,19)/t7-,8-,9+/m1/s1. The summed E-state index contributed by atoms with van der Waals surface area (Å²) in [5, 5.41) is 10.3. The lowest BCUT2D eigenvalue weighted by Crippen LogP contribution is -2.49. The van der Waals surface area contributed by atoms with Crippen molar-refractivity contribution >= 4 is 17.5 Å². The number of hydrogen-bond acceptors (Lipinski definition) is 6. The predicted octanol–water partition coefficient (Wildman–Crippen LogP) is -0.227. The largest absolute Gasteiger partial charge is 0.369 e. The van der Waals surface area contributed by atoms with Crippen LogP contribution in [0.15, 0.2) is 15.0 Å². The molecule has 3 N–H and O–H groups in total. The van der Waals surface area contributed by atoms with Crippen LogP contribution in [0.5, 0.6) is 0 Å². The van der Waals surface area contributed by atoms with Gasteiger partial charge in [-0.05, 0) is 20.8 Å². The molecule has 0 unspecified atom stereocenters. The van der Waals surface area contributed by atoms with E-state index in [1.54, 1.807) is 0 Å². The average Bonchev–Trinajstić information content (AvgIpc) is 3.05. The SMILES string of the molecule is C[C@@H]1CN=C(C(C2=NC[C@@H](C)N2)C2=NC[C@H](C)N2)N1. The first-order chi connectivity index (χ1) is 9.13. The van der Waals surface area contributed by atoms with Gasteiger partial charge in [-0.2, -0.15) is 0 Å². The maximum Gasteiger partial charge on any atom is 0.130 e. The van der Waals surface area contributed by atoms with Crippen LogP contribution in [-0.2, 0) is 0 Å². The Morgan fingerprint density at radius 3 is 1.26 bits per heavy atom. The van der Waals surface area contributed by atoms with Crippen molar-refractivity contribution in [2.45, 2.75) is 38.9 Å². The molecule has 3 aliphatic heterocycles. The second-order valence-corrected chi connectivity index (χ2v) is 5.75. The van der Waals surface area contributed by atoms with Crippen molar-refractivity contribution < 1.29 is 0 Å². The smallest absolute Gasteiger partial charge is 0.130 e. The first-order valence-electron chi connectivity index (χ1n) is 7.06. The molecule has 3 heterocycles. The molecular weight excluding hydrogens is 240 g/mol. The van der Waals surface area contributed by atoms with Crippen LogP contribution < -0.4 is 16.0 Å². The van der Waals surface area contributed by atoms with Crippen molar-refractivity contribution in [2.24, 2.45) is 20.9 Å². The van der Waals surface area contributed by atoms with E-state index in [0.717, 1.165) is 37.1 Å². The van der Waals surface area contributed by atoms with E-state index in [4.69, 9.17) is 0 Å². The van der Waals surface area contributed by atoms with Crippen molar-refractivity contribution in [1.82, 2.24) is 16.0 Å². The van der Waals surface area contributed by atoms with E-state index >= 15 is 0 Å². The van der Waals surface area contributed by atoms with Crippen LogP contribution in [0.2, 0.25) is 0 Å². The lowest BCUT2D eigenvalue weighted by Gasteiger charge is -2.21. The second kappa shape index (κ2) is 4.83. The normalized spacial score (nSPS) is 33.5. The van der Waals surface area contributed by atoms with E-state index in [-0.39, 0.29) is 5.92 Å². The molecule has 0 aliphatic carbocycles. The zero-order valence-electron chi connectivity index (χ0n) is 11.8. The minimum atomic E-state index is 0.0276. The Morgan fingerprint density at radius 2 is 1.05 bits per heavy atom. The van der Waals surface area contributed by atoms with Crippen LogP contribution in [0.4, 0.5) is 0 Å². The van der Waals surface area contributed by atoms with Crippen molar-refractivity contribution in [3.8, 4) is 0 Å². The number of rotatable bonds is 3. The van der Waals surface area contributed by atoms with Crippen molar-refractivity contribution in [1.29, 1.82) is 0 Å². The zero-order chi connectivity index (χ0) is 13.4. The highest BCUT2D eigenvalue weighted by molar-refractivity contribution is 6.23. The maximum atomic E-state index is 4.62. The Bertz CT molecular complexity index is 385. The van der Waals surface area contributed by atoms with Crippen LogP contribution in [0.1, 0.15) is 20.8 Å². The highest BCUT2D eigenvalue weighted by atomic mass is 15.2. The fraction of sp³-hybridized carbons (Fsp3) is 0.769. The number of amidine groups is 3. The summed E-state index contributed by atoms with van der Waals surface area (Å²) < 4.78 is 0. The van der Waals surface area contributed by atoms with Crippen LogP contribution in [0.25, 0.3) is 0 Å². The molecule has 0 saturated carbocycles. The molecule has 3 rings (SSSR count). The van der Waals surface area contributed by atoms with Gasteiger partial charge >= 0.3 is 0 Å². The Labute approximate surface area is 113 Å². The molecule has 3 atom stereocenters. The monoisotopic (exact) mass is 262 g/mol. The summed E-state index contributed by atoms with van der Waals surface area (Å²) in [6.45, 7) is 8.93. The molecule has 3 aliphatic rings. The van der Waals surface area contributed by atoms with Gasteiger partial charge in [0.15, 0.2) is 0 Å². The molecule has 0 spiro atoms. The van der Waals surface area contributed by atoms with Crippen LogP contribution in [0.3, 0.4) is 0 Å². The van der Waals surface area contributed by atoms with Gasteiger partial charge in [0.05, 0.1) is 19.6 Å². The lowest BCUT2D eigenvalue weighted by atomic mass is 10.0. The molecule has 0 saturated heterocycles. The summed E-state index contributed by atoms with van der Waals surface area (Å²) in [5.74, 6) is 3.01. The van der Waals surface area contributed by atoms with Gasteiger partial charge < -0.3 is 16.0 Å². The fourth-order valence-electron chi connectivity index (χ4n) is 2.65. The third-order valence-corrected chi connectivity index (χ3v) is 3.61. The average molecular weight is 262 g/mol. The van der Waals surface area contributed by atoms with Crippen molar-refractivity contribution in [3.05, 3.63) is 0 Å². The van der Waals surface area contributed by atoms with E-state index in [0.29, 0.717) is 18.1 Å². The van der Waals surface area contributed by atoms with Gasteiger partial charge in [0.1, 0.15) is 23.4 Å². The summed E-state index contributed by atoms with van der Waals surface area (Å²) in [5.41, 5.74) is 0. The molecule has 0 aromatic rings. The van der Waals surface area contributed by atoms with E-state index < -0.39 is 0 Å². The van der Waals surface area contributed by atoms with Crippen LogP contribution in [0, 0.1) is 5.92 Å². The molecule has 0 aromatic carbocycles. The van der Waals surface area contributed by atoms with Crippen LogP contribution >= 0.6 is 0 Å². The second-order valence-electron chi connectivity index (χ2n) is 5.75. The van der Waals surface area contributed by atoms with Gasteiger partial charge in [-0.1, -0.05) is 0 Å². The number of nitrogens with zero attached hydrogens (tertiary/aromatic N) is 3. The molecule has 0 radical (unpaired) electrons. The molecule has 6 heteroatoms. The van der Waals surface area contributed by atoms with Gasteiger partial charge in [0.2, 0.25) is 0 Å². The molecule has 0 bridgehead atoms. The Hall–Kier alpha value is -1.59. The molecule has 6 nitrogen and oxygen atoms in total. The number of nitrogens with one attached hydrogen (secondary N) is 3. The Morgan fingerprint density at radius 1 is 0.737 bits per heavy atom. The molecule has 19 heavy (non-hydrogen) atoms. The highest BCUT2D eigenvalue weighted by Gasteiger charge is 2.35. The molecule has 104 valence electrons. The van der Waals surface area contributed by atoms with Crippen LogP contribution in [-0.4, -0.2) is 55.3 Å². The fourth-order valence-corrected chi connectivity index (χ4v) is 2.65. The van der Waals surface area contributed by atoms with Gasteiger partial charge in [0, 0.05) is 18.1 Å². The minimum Gasteiger partial charge on any atom is -0.369 e. The molecule has 0 fully saturated rings. The van der Waals surface area contributed by atoms with Gasteiger partial charge in [-0.15, -0.1) is 0 Å². The van der Waals surface area contributed by atoms with E-state index in [9.17, 15) is 0 Å². The topological polar surface area (TPSA) is 73.2 Å². The number of aliphatic imine (C=N–C) groups is 3. The van der Waals surface area contributed by atoms with Crippen molar-refractivity contribution in [2.75, 3.05) is 19.6 Å². The maximum absolute atomic E-state index is 4.62. The molecular formula is C13H22N6. The zero-order valence-corrected chi connectivity index (χ0v) is 11.8. The predicted molar refractivity (Wildman–Crippen MR) is 78.2 cm³/mol. The van der Waals surface area contributed by atoms with E-state index in [1.807, 2.05) is 0 Å². The third kappa shape index (κ3) is 2.43. The van der Waals surface area contributed by atoms with Gasteiger partial charge in [-0.25, -0.2) is 0 Å². The summed E-state index contributed by atoms with van der Waals surface area (Å²) in [7, 11) is 0. The van der Waals surface area contributed by atoms with Crippen molar-refractivity contribution in [3.63, 3.8) is 0 Å². The summed E-state index contributed by atoms with van der Waals surface area (Å²) >= 11 is 0. The molecule has 0 aromatic heterocycles. The highest BCUT2D eigenvalue weighted by Crippen LogP contribution is 2.15. The van der Waals surface area contributed by atoms with Gasteiger partial charge in [-0.3, -0.25) is 15.0 Å². The van der Waals surface area contributed by atoms with E-state index in [1.165, 1.54) is 0 Å². The molecule has 0 amide bonds. The third-order valence-electron chi connectivity index (χ3n) is 3.61. The van der Waals surface area contributed by atoms with Gasteiger partial charge in [0.25, 0.3) is 0 Å². The number of hydrogen-bond donors (Lipinski definition) is 3. The lowest BCUT2D eigenvalue weighted by molar-refractivity contribution is 0.706. The first kappa shape index (κ1) is 12.4. The Balaban J connectivity index is 1.84.